The van der Waals surface area contributed by atoms with Crippen molar-refractivity contribution in [1.29, 1.82) is 0 Å². The van der Waals surface area contributed by atoms with Crippen molar-refractivity contribution < 1.29 is 0 Å². The van der Waals surface area contributed by atoms with E-state index in [0.29, 0.717) is 0 Å². The van der Waals surface area contributed by atoms with Crippen LogP contribution in [-0.4, -0.2) is 4.90 Å². The molecule has 1 aliphatic heterocycles. The van der Waals surface area contributed by atoms with Crippen molar-refractivity contribution >= 4 is 22.6 Å². The van der Waals surface area contributed by atoms with Crippen LogP contribution < -0.4 is 0 Å². The largest absolute Gasteiger partial charge is 0.291 e. The van der Waals surface area contributed by atoms with Gasteiger partial charge in [0.15, 0.2) is 0 Å². The van der Waals surface area contributed by atoms with Gasteiger partial charge in [0.1, 0.15) is 0 Å². The van der Waals surface area contributed by atoms with Crippen molar-refractivity contribution in [1.82, 2.24) is 4.90 Å². The molecule has 0 amide bonds. The van der Waals surface area contributed by atoms with E-state index in [0.717, 1.165) is 26.1 Å². The maximum absolute atomic E-state index is 2.52. The molecule has 3 rings (SSSR count). The van der Waals surface area contributed by atoms with E-state index >= 15 is 0 Å². The van der Waals surface area contributed by atoms with Gasteiger partial charge in [0.25, 0.3) is 0 Å². The number of benzene rings is 2. The van der Waals surface area contributed by atoms with Crippen LogP contribution in [0.4, 0.5) is 0 Å². The summed E-state index contributed by atoms with van der Waals surface area (Å²) in [4.78, 5) is 2.52. The van der Waals surface area contributed by atoms with Crippen LogP contribution in [0.15, 0.2) is 42.5 Å². The number of hydrogen-bond acceptors (Lipinski definition) is 1. The highest BCUT2D eigenvalue weighted by Gasteiger charge is 2.20. The molecule has 0 aromatic heterocycles. The Kier molecular flexibility index (Phi) is 3.89. The molecule has 1 aliphatic rings. The fourth-order valence-corrected chi connectivity index (χ4v) is 3.42. The van der Waals surface area contributed by atoms with Gasteiger partial charge in [-0.15, -0.1) is 0 Å². The highest BCUT2D eigenvalue weighted by molar-refractivity contribution is 14.1. The minimum absolute atomic E-state index is 1.05. The van der Waals surface area contributed by atoms with Crippen LogP contribution in [-0.2, 0) is 26.1 Å². The maximum atomic E-state index is 2.52. The second-order valence-electron chi connectivity index (χ2n) is 5.19. The smallest absolute Gasteiger partial charge is 0.0254 e. The Morgan fingerprint density at radius 3 is 2.42 bits per heavy atom. The van der Waals surface area contributed by atoms with Gasteiger partial charge < -0.3 is 0 Å². The van der Waals surface area contributed by atoms with Crippen LogP contribution >= 0.6 is 22.6 Å². The molecule has 19 heavy (non-hydrogen) atoms. The number of rotatable bonds is 3. The Balaban J connectivity index is 1.71. The molecule has 0 unspecified atom stereocenters. The van der Waals surface area contributed by atoms with Crippen LogP contribution in [0.2, 0.25) is 0 Å². The van der Waals surface area contributed by atoms with Crippen molar-refractivity contribution in [3.63, 3.8) is 0 Å². The fourth-order valence-electron chi connectivity index (χ4n) is 2.70. The molecule has 0 radical (unpaired) electrons. The zero-order valence-corrected chi connectivity index (χ0v) is 13.4. The third-order valence-electron chi connectivity index (χ3n) is 3.83. The average Bonchev–Trinajstić information content (AvgIpc) is 2.84. The van der Waals surface area contributed by atoms with Crippen molar-refractivity contribution in [2.75, 3.05) is 0 Å². The molecule has 0 fully saturated rings. The third kappa shape index (κ3) is 2.84. The molecule has 1 nitrogen and oxygen atoms in total. The Morgan fingerprint density at radius 2 is 1.74 bits per heavy atom. The summed E-state index contributed by atoms with van der Waals surface area (Å²) in [7, 11) is 0. The molecule has 2 aromatic rings. The van der Waals surface area contributed by atoms with Gasteiger partial charge in [-0.05, 0) is 57.3 Å². The molecule has 0 saturated carbocycles. The van der Waals surface area contributed by atoms with E-state index in [1.807, 2.05) is 0 Å². The summed E-state index contributed by atoms with van der Waals surface area (Å²) in [5.41, 5.74) is 5.85. The van der Waals surface area contributed by atoms with Crippen LogP contribution in [0.3, 0.4) is 0 Å². The molecular weight excluding hydrogens is 345 g/mol. The zero-order chi connectivity index (χ0) is 13.2. The number of fused-ring (bicyclic) bond motifs is 1. The van der Waals surface area contributed by atoms with Crippen molar-refractivity contribution in [3.8, 4) is 0 Å². The van der Waals surface area contributed by atoms with Crippen LogP contribution in [0.1, 0.15) is 29.2 Å². The molecule has 98 valence electrons. The standard InChI is InChI=1S/C17H18IN/c1-2-13-6-8-14(9-7-13)10-19-11-15-4-3-5-17(18)16(15)12-19/h3-9H,2,10-12H2,1H3. The van der Waals surface area contributed by atoms with Gasteiger partial charge in [0.2, 0.25) is 0 Å². The first kappa shape index (κ1) is 13.1. The van der Waals surface area contributed by atoms with Gasteiger partial charge in [0.05, 0.1) is 0 Å². The SMILES string of the molecule is CCc1ccc(CN2Cc3cccc(I)c3C2)cc1. The van der Waals surface area contributed by atoms with Gasteiger partial charge in [-0.2, -0.15) is 0 Å². The second-order valence-corrected chi connectivity index (χ2v) is 6.35. The van der Waals surface area contributed by atoms with Crippen LogP contribution in [0.25, 0.3) is 0 Å². The molecule has 0 spiro atoms. The first-order valence-corrected chi connectivity index (χ1v) is 7.90. The number of hydrogen-bond donors (Lipinski definition) is 0. The lowest BCUT2D eigenvalue weighted by Crippen LogP contribution is -2.15. The highest BCUT2D eigenvalue weighted by atomic mass is 127. The monoisotopic (exact) mass is 363 g/mol. The van der Waals surface area contributed by atoms with Crippen molar-refractivity contribution in [3.05, 3.63) is 68.3 Å². The molecular formula is C17H18IN. The quantitative estimate of drug-likeness (QED) is 0.732. The average molecular weight is 363 g/mol. The van der Waals surface area contributed by atoms with Gasteiger partial charge in [-0.3, -0.25) is 4.90 Å². The Hall–Kier alpha value is -0.870. The van der Waals surface area contributed by atoms with E-state index in [4.69, 9.17) is 0 Å². The topological polar surface area (TPSA) is 3.24 Å². The Bertz CT molecular complexity index is 574. The number of halogens is 1. The summed E-state index contributed by atoms with van der Waals surface area (Å²) in [6.45, 7) is 5.43. The summed E-state index contributed by atoms with van der Waals surface area (Å²) in [5, 5.41) is 0. The first-order chi connectivity index (χ1) is 9.26. The molecule has 0 bridgehead atoms. The molecule has 0 N–H and O–H groups in total. The molecule has 1 heterocycles. The molecule has 0 saturated heterocycles. The van der Waals surface area contributed by atoms with Gasteiger partial charge in [-0.1, -0.05) is 43.3 Å². The van der Waals surface area contributed by atoms with E-state index in [1.165, 1.54) is 25.8 Å². The lowest BCUT2D eigenvalue weighted by molar-refractivity contribution is 0.275. The molecule has 0 aliphatic carbocycles. The summed E-state index contributed by atoms with van der Waals surface area (Å²) in [6.07, 6.45) is 1.12. The van der Waals surface area contributed by atoms with Gasteiger partial charge in [0, 0.05) is 23.2 Å². The number of aryl methyl sites for hydroxylation is 1. The number of nitrogens with zero attached hydrogens (tertiary/aromatic N) is 1. The Labute approximate surface area is 128 Å². The van der Waals surface area contributed by atoms with Gasteiger partial charge >= 0.3 is 0 Å². The van der Waals surface area contributed by atoms with Crippen LogP contribution in [0, 0.1) is 3.57 Å². The van der Waals surface area contributed by atoms with Crippen LogP contribution in [0.5, 0.6) is 0 Å². The minimum Gasteiger partial charge on any atom is -0.291 e. The van der Waals surface area contributed by atoms with Crippen molar-refractivity contribution in [2.45, 2.75) is 33.0 Å². The normalized spacial score (nSPS) is 14.6. The fraction of sp³-hybridized carbons (Fsp3) is 0.294. The first-order valence-electron chi connectivity index (χ1n) is 6.82. The minimum atomic E-state index is 1.05. The predicted octanol–water partition coefficient (Wildman–Crippen LogP) is 4.37. The second kappa shape index (κ2) is 5.63. The lowest BCUT2D eigenvalue weighted by Gasteiger charge is -2.15. The summed E-state index contributed by atoms with van der Waals surface area (Å²) in [6, 6.07) is 15.7. The molecule has 2 aromatic carbocycles. The third-order valence-corrected chi connectivity index (χ3v) is 4.84. The van der Waals surface area contributed by atoms with E-state index in [2.05, 4.69) is 76.9 Å². The van der Waals surface area contributed by atoms with E-state index in [-0.39, 0.29) is 0 Å². The van der Waals surface area contributed by atoms with Gasteiger partial charge in [-0.25, -0.2) is 0 Å². The Morgan fingerprint density at radius 1 is 1.00 bits per heavy atom. The van der Waals surface area contributed by atoms with Crippen molar-refractivity contribution in [2.24, 2.45) is 0 Å². The van der Waals surface area contributed by atoms with E-state index in [9.17, 15) is 0 Å². The molecule has 0 atom stereocenters. The maximum Gasteiger partial charge on any atom is 0.0254 e. The molecule has 2 heteroatoms. The summed E-state index contributed by atoms with van der Waals surface area (Å²) < 4.78 is 1.40. The predicted molar refractivity (Wildman–Crippen MR) is 87.9 cm³/mol. The lowest BCUT2D eigenvalue weighted by atomic mass is 10.1. The van der Waals surface area contributed by atoms with E-state index < -0.39 is 0 Å². The highest BCUT2D eigenvalue weighted by Crippen LogP contribution is 2.28. The summed E-state index contributed by atoms with van der Waals surface area (Å²) >= 11 is 2.45. The zero-order valence-electron chi connectivity index (χ0n) is 11.2. The summed E-state index contributed by atoms with van der Waals surface area (Å²) in [5.74, 6) is 0. The van der Waals surface area contributed by atoms with E-state index in [1.54, 1.807) is 0 Å².